The lowest BCUT2D eigenvalue weighted by Gasteiger charge is -2.11. The van der Waals surface area contributed by atoms with Crippen molar-refractivity contribution in [3.8, 4) is 5.75 Å². The number of methoxy groups -OCH3 is 1. The minimum absolute atomic E-state index is 0.0247. The molecule has 35 heavy (non-hydrogen) atoms. The fourth-order valence-electron chi connectivity index (χ4n) is 3.73. The number of hydrogen-bond donors (Lipinski definition) is 2. The number of carbonyl (C=O) groups is 2. The fraction of sp³-hybridized carbons (Fsp3) is 0.167. The number of benzene rings is 3. The Hall–Kier alpha value is -2.22. The van der Waals surface area contributed by atoms with Gasteiger partial charge in [-0.2, -0.15) is 0 Å². The molecule has 2 atom stereocenters. The monoisotopic (exact) mass is 574 g/mol. The Morgan fingerprint density at radius 1 is 0.943 bits per heavy atom. The van der Waals surface area contributed by atoms with Crippen molar-refractivity contribution in [1.29, 1.82) is 0 Å². The van der Waals surface area contributed by atoms with E-state index in [2.05, 4.69) is 10.6 Å². The molecule has 0 bridgehead atoms. The molecule has 2 N–H and O–H groups in total. The number of alkyl halides is 2. The molecule has 0 aliphatic heterocycles. The molecule has 182 valence electrons. The van der Waals surface area contributed by atoms with Crippen LogP contribution in [-0.4, -0.2) is 23.3 Å². The third-order valence-corrected chi connectivity index (χ3v) is 7.19. The zero-order valence-electron chi connectivity index (χ0n) is 17.8. The van der Waals surface area contributed by atoms with Crippen LogP contribution in [0.5, 0.6) is 5.75 Å². The number of rotatable bonds is 6. The molecule has 3 aromatic carbocycles. The molecule has 0 heterocycles. The summed E-state index contributed by atoms with van der Waals surface area (Å²) in [6.45, 7) is 0. The summed E-state index contributed by atoms with van der Waals surface area (Å²) in [6.07, 6.45) is 0. The van der Waals surface area contributed by atoms with E-state index < -0.39 is 33.8 Å². The van der Waals surface area contributed by atoms with Gasteiger partial charge in [0.1, 0.15) is 15.9 Å². The minimum atomic E-state index is -1.36. The number of anilines is 2. The molecule has 0 spiro atoms. The second kappa shape index (κ2) is 10.0. The van der Waals surface area contributed by atoms with E-state index in [1.807, 2.05) is 0 Å². The normalized spacial score (nSPS) is 18.0. The smallest absolute Gasteiger partial charge is 0.257 e. The third-order valence-electron chi connectivity index (χ3n) is 5.48. The molecular weight excluding hydrogens is 561 g/mol. The van der Waals surface area contributed by atoms with Gasteiger partial charge >= 0.3 is 0 Å². The SMILES string of the molecule is COc1ccc(NC(=O)c2cc(NC(=O)[C@H]3[C@H](c4cc(Cl)cc(Cl)c4)C3(Cl)Cl)ccc2Cl)c(F)c1. The average molecular weight is 577 g/mol. The Kier molecular flexibility index (Phi) is 7.41. The highest BCUT2D eigenvalue weighted by molar-refractivity contribution is 6.53. The largest absolute Gasteiger partial charge is 0.497 e. The van der Waals surface area contributed by atoms with Gasteiger partial charge in [0.05, 0.1) is 29.3 Å². The predicted molar refractivity (Wildman–Crippen MR) is 138 cm³/mol. The first-order valence-corrected chi connectivity index (χ1v) is 12.0. The Bertz CT molecular complexity index is 1310. The van der Waals surface area contributed by atoms with E-state index in [0.717, 1.165) is 6.07 Å². The van der Waals surface area contributed by atoms with Crippen LogP contribution in [0.1, 0.15) is 21.8 Å². The van der Waals surface area contributed by atoms with Gasteiger partial charge in [0.15, 0.2) is 0 Å². The molecule has 3 aromatic rings. The summed E-state index contributed by atoms with van der Waals surface area (Å²) in [4.78, 5) is 25.7. The van der Waals surface area contributed by atoms with Crippen molar-refractivity contribution in [2.45, 2.75) is 10.3 Å². The van der Waals surface area contributed by atoms with Crippen LogP contribution in [0.15, 0.2) is 54.6 Å². The molecule has 2 amide bonds. The van der Waals surface area contributed by atoms with Gasteiger partial charge in [-0.3, -0.25) is 9.59 Å². The van der Waals surface area contributed by atoms with Crippen molar-refractivity contribution in [3.05, 3.63) is 86.6 Å². The zero-order chi connectivity index (χ0) is 25.5. The lowest BCUT2D eigenvalue weighted by Crippen LogP contribution is -2.18. The number of hydrogen-bond acceptors (Lipinski definition) is 3. The molecule has 1 fully saturated rings. The number of amides is 2. The Morgan fingerprint density at radius 2 is 1.63 bits per heavy atom. The summed E-state index contributed by atoms with van der Waals surface area (Å²) in [6, 6.07) is 13.2. The van der Waals surface area contributed by atoms with Crippen LogP contribution < -0.4 is 15.4 Å². The quantitative estimate of drug-likeness (QED) is 0.298. The van der Waals surface area contributed by atoms with E-state index in [4.69, 9.17) is 62.7 Å². The molecule has 0 saturated heterocycles. The first-order valence-electron chi connectivity index (χ1n) is 10.1. The first-order chi connectivity index (χ1) is 16.5. The maximum Gasteiger partial charge on any atom is 0.257 e. The average Bonchev–Trinajstić information content (AvgIpc) is 3.37. The van der Waals surface area contributed by atoms with Crippen LogP contribution in [0.2, 0.25) is 15.1 Å². The minimum Gasteiger partial charge on any atom is -0.497 e. The fourth-order valence-corrected chi connectivity index (χ4v) is 5.31. The summed E-state index contributed by atoms with van der Waals surface area (Å²) in [5.74, 6) is -2.84. The number of ether oxygens (including phenoxy) is 1. The Balaban J connectivity index is 1.51. The van der Waals surface area contributed by atoms with Crippen molar-refractivity contribution in [3.63, 3.8) is 0 Å². The molecule has 0 aromatic heterocycles. The number of carbonyl (C=O) groups excluding carboxylic acids is 2. The molecule has 4 rings (SSSR count). The molecule has 1 aliphatic rings. The van der Waals surface area contributed by atoms with E-state index in [-0.39, 0.29) is 22.0 Å². The van der Waals surface area contributed by atoms with Gasteiger partial charge in [-0.25, -0.2) is 4.39 Å². The lowest BCUT2D eigenvalue weighted by molar-refractivity contribution is -0.117. The predicted octanol–water partition coefficient (Wildman–Crippen LogP) is 7.57. The van der Waals surface area contributed by atoms with Gasteiger partial charge in [0.25, 0.3) is 5.91 Å². The van der Waals surface area contributed by atoms with E-state index >= 15 is 0 Å². The summed E-state index contributed by atoms with van der Waals surface area (Å²) >= 11 is 31.1. The Labute approximate surface area is 225 Å². The van der Waals surface area contributed by atoms with Crippen LogP contribution in [0, 0.1) is 11.7 Å². The van der Waals surface area contributed by atoms with E-state index in [1.54, 1.807) is 18.2 Å². The highest BCUT2D eigenvalue weighted by Gasteiger charge is 2.67. The van der Waals surface area contributed by atoms with Crippen LogP contribution in [0.25, 0.3) is 0 Å². The Morgan fingerprint density at radius 3 is 2.26 bits per heavy atom. The topological polar surface area (TPSA) is 67.4 Å². The summed E-state index contributed by atoms with van der Waals surface area (Å²) in [5, 5.41) is 6.04. The lowest BCUT2D eigenvalue weighted by atomic mass is 10.1. The molecule has 1 aliphatic carbocycles. The second-order valence-electron chi connectivity index (χ2n) is 7.82. The van der Waals surface area contributed by atoms with Gasteiger partial charge in [-0.15, -0.1) is 23.2 Å². The van der Waals surface area contributed by atoms with Gasteiger partial charge in [-0.05, 0) is 54.1 Å². The highest BCUT2D eigenvalue weighted by atomic mass is 35.5. The molecule has 0 unspecified atom stereocenters. The van der Waals surface area contributed by atoms with E-state index in [0.29, 0.717) is 21.4 Å². The molecular formula is C24H16Cl5FN2O3. The third kappa shape index (κ3) is 5.47. The van der Waals surface area contributed by atoms with Crippen molar-refractivity contribution < 1.29 is 18.7 Å². The standard InChI is InChI=1S/C24H16Cl5FN2O3/c1-35-15-3-5-19(18(30)10-15)32-22(33)16-9-14(2-4-17(16)27)31-23(34)21-20(24(21,28)29)11-6-12(25)8-13(26)7-11/h2-10,20-21H,1H3,(H,31,34)(H,32,33)/t20-,21+/m0/s1. The van der Waals surface area contributed by atoms with E-state index in [1.165, 1.54) is 37.4 Å². The van der Waals surface area contributed by atoms with Gasteiger partial charge < -0.3 is 15.4 Å². The molecule has 5 nitrogen and oxygen atoms in total. The maximum atomic E-state index is 14.2. The van der Waals surface area contributed by atoms with Crippen LogP contribution in [0.4, 0.5) is 15.8 Å². The first kappa shape index (κ1) is 25.9. The van der Waals surface area contributed by atoms with Crippen molar-refractivity contribution in [2.75, 3.05) is 17.7 Å². The van der Waals surface area contributed by atoms with Crippen molar-refractivity contribution in [2.24, 2.45) is 5.92 Å². The van der Waals surface area contributed by atoms with Gasteiger partial charge in [0.2, 0.25) is 5.91 Å². The summed E-state index contributed by atoms with van der Waals surface area (Å²) in [7, 11) is 1.40. The number of halogens is 6. The number of nitrogens with one attached hydrogen (secondary N) is 2. The van der Waals surface area contributed by atoms with Gasteiger partial charge in [-0.1, -0.05) is 34.8 Å². The van der Waals surface area contributed by atoms with Crippen molar-refractivity contribution in [1.82, 2.24) is 0 Å². The zero-order valence-corrected chi connectivity index (χ0v) is 21.6. The molecule has 1 saturated carbocycles. The van der Waals surface area contributed by atoms with Crippen LogP contribution in [-0.2, 0) is 4.79 Å². The maximum absolute atomic E-state index is 14.2. The van der Waals surface area contributed by atoms with Crippen molar-refractivity contribution >= 4 is 81.2 Å². The molecule has 11 heteroatoms. The van der Waals surface area contributed by atoms with Crippen LogP contribution >= 0.6 is 58.0 Å². The second-order valence-corrected chi connectivity index (χ2v) is 10.5. The van der Waals surface area contributed by atoms with Crippen LogP contribution in [0.3, 0.4) is 0 Å². The van der Waals surface area contributed by atoms with Gasteiger partial charge in [0, 0.05) is 27.7 Å². The van der Waals surface area contributed by atoms with E-state index in [9.17, 15) is 14.0 Å². The summed E-state index contributed by atoms with van der Waals surface area (Å²) < 4.78 is 17.8. The molecule has 0 radical (unpaired) electrons. The highest BCUT2D eigenvalue weighted by Crippen LogP contribution is 2.65. The summed E-state index contributed by atoms with van der Waals surface area (Å²) in [5.41, 5.74) is 0.872.